The minimum Gasteiger partial charge on any atom is -0.446 e. The van der Waals surface area contributed by atoms with Crippen LogP contribution in [0.4, 0.5) is 4.79 Å². The molecule has 1 amide bonds. The molecule has 0 unspecified atom stereocenters. The highest BCUT2D eigenvalue weighted by Crippen LogP contribution is 2.22. The van der Waals surface area contributed by atoms with Crippen molar-refractivity contribution in [2.45, 2.75) is 25.4 Å². The molecule has 0 N–H and O–H groups in total. The average molecular weight is 143 g/mol. The summed E-state index contributed by atoms with van der Waals surface area (Å²) in [5, 5.41) is 0. The molecule has 10 heavy (non-hydrogen) atoms. The molecule has 0 bridgehead atoms. The Morgan fingerprint density at radius 3 is 2.40 bits per heavy atom. The molecule has 1 saturated carbocycles. The van der Waals surface area contributed by atoms with E-state index in [1.807, 2.05) is 0 Å². The van der Waals surface area contributed by atoms with Crippen LogP contribution in [0.5, 0.6) is 0 Å². The van der Waals surface area contributed by atoms with E-state index in [0.717, 1.165) is 12.8 Å². The van der Waals surface area contributed by atoms with Crippen LogP contribution < -0.4 is 0 Å². The minimum absolute atomic E-state index is 0.204. The Hall–Kier alpha value is -0.730. The van der Waals surface area contributed by atoms with Crippen molar-refractivity contribution in [3.05, 3.63) is 0 Å². The normalized spacial score (nSPS) is 17.8. The maximum atomic E-state index is 10.8. The minimum atomic E-state index is -0.218. The fourth-order valence-electron chi connectivity index (χ4n) is 0.737. The second-order valence-corrected chi connectivity index (χ2v) is 2.83. The standard InChI is InChI=1S/C7H13NO2/c1-8(2)7(9)10-6-4-3-5-6/h6H,3-5H2,1-2H3. The fourth-order valence-corrected chi connectivity index (χ4v) is 0.737. The van der Waals surface area contributed by atoms with Crippen molar-refractivity contribution in [3.63, 3.8) is 0 Å². The van der Waals surface area contributed by atoms with Crippen molar-refractivity contribution in [1.82, 2.24) is 4.90 Å². The molecule has 0 aromatic carbocycles. The van der Waals surface area contributed by atoms with Crippen LogP contribution in [-0.2, 0) is 4.74 Å². The van der Waals surface area contributed by atoms with Crippen LogP contribution in [0.3, 0.4) is 0 Å². The lowest BCUT2D eigenvalue weighted by molar-refractivity contribution is 0.0354. The van der Waals surface area contributed by atoms with E-state index in [4.69, 9.17) is 4.74 Å². The lowest BCUT2D eigenvalue weighted by Crippen LogP contribution is -2.31. The Labute approximate surface area is 61.0 Å². The first-order chi connectivity index (χ1) is 4.70. The van der Waals surface area contributed by atoms with E-state index in [1.54, 1.807) is 14.1 Å². The van der Waals surface area contributed by atoms with E-state index in [0.29, 0.717) is 0 Å². The summed E-state index contributed by atoms with van der Waals surface area (Å²) >= 11 is 0. The van der Waals surface area contributed by atoms with E-state index in [2.05, 4.69) is 0 Å². The van der Waals surface area contributed by atoms with Crippen LogP contribution >= 0.6 is 0 Å². The van der Waals surface area contributed by atoms with Crippen molar-refractivity contribution in [3.8, 4) is 0 Å². The van der Waals surface area contributed by atoms with Crippen molar-refractivity contribution in [2.75, 3.05) is 14.1 Å². The summed E-state index contributed by atoms with van der Waals surface area (Å²) in [6.45, 7) is 0. The fraction of sp³-hybridized carbons (Fsp3) is 0.857. The van der Waals surface area contributed by atoms with Gasteiger partial charge in [-0.15, -0.1) is 0 Å². The van der Waals surface area contributed by atoms with Crippen molar-refractivity contribution in [2.24, 2.45) is 0 Å². The third-order valence-electron chi connectivity index (χ3n) is 1.68. The number of carbonyl (C=O) groups is 1. The number of ether oxygens (including phenoxy) is 1. The molecule has 1 fully saturated rings. The molecule has 1 aliphatic carbocycles. The highest BCUT2D eigenvalue weighted by Gasteiger charge is 2.21. The summed E-state index contributed by atoms with van der Waals surface area (Å²) in [6.07, 6.45) is 3.27. The molecule has 0 aromatic heterocycles. The molecule has 3 nitrogen and oxygen atoms in total. The second-order valence-electron chi connectivity index (χ2n) is 2.83. The molecule has 0 spiro atoms. The Morgan fingerprint density at radius 2 is 2.10 bits per heavy atom. The Bertz CT molecular complexity index is 130. The summed E-state index contributed by atoms with van der Waals surface area (Å²) in [6, 6.07) is 0. The van der Waals surface area contributed by atoms with Gasteiger partial charge < -0.3 is 9.64 Å². The number of rotatable bonds is 1. The van der Waals surface area contributed by atoms with Gasteiger partial charge in [0.1, 0.15) is 6.10 Å². The predicted molar refractivity (Wildman–Crippen MR) is 37.8 cm³/mol. The number of nitrogens with zero attached hydrogens (tertiary/aromatic N) is 1. The van der Waals surface area contributed by atoms with Crippen molar-refractivity contribution < 1.29 is 9.53 Å². The summed E-state index contributed by atoms with van der Waals surface area (Å²) in [4.78, 5) is 12.3. The molecule has 58 valence electrons. The monoisotopic (exact) mass is 143 g/mol. The Kier molecular flexibility index (Phi) is 2.14. The van der Waals surface area contributed by atoms with Crippen LogP contribution in [0, 0.1) is 0 Å². The van der Waals surface area contributed by atoms with Gasteiger partial charge in [0.25, 0.3) is 0 Å². The van der Waals surface area contributed by atoms with Crippen LogP contribution in [0.1, 0.15) is 19.3 Å². The molecule has 0 saturated heterocycles. The van der Waals surface area contributed by atoms with Crippen molar-refractivity contribution >= 4 is 6.09 Å². The average Bonchev–Trinajstić information content (AvgIpc) is 1.77. The third kappa shape index (κ3) is 1.62. The SMILES string of the molecule is CN(C)C(=O)OC1CCC1. The number of amides is 1. The summed E-state index contributed by atoms with van der Waals surface area (Å²) in [7, 11) is 3.39. The van der Waals surface area contributed by atoms with E-state index < -0.39 is 0 Å². The van der Waals surface area contributed by atoms with Crippen LogP contribution in [0.25, 0.3) is 0 Å². The zero-order chi connectivity index (χ0) is 7.56. The first kappa shape index (κ1) is 7.38. The Morgan fingerprint density at radius 1 is 1.50 bits per heavy atom. The van der Waals surface area contributed by atoms with Gasteiger partial charge >= 0.3 is 6.09 Å². The van der Waals surface area contributed by atoms with Gasteiger partial charge in [-0.25, -0.2) is 4.79 Å². The van der Waals surface area contributed by atoms with Gasteiger partial charge in [0, 0.05) is 14.1 Å². The molecule has 0 aromatic rings. The molecular formula is C7H13NO2. The third-order valence-corrected chi connectivity index (χ3v) is 1.68. The maximum Gasteiger partial charge on any atom is 0.409 e. The van der Waals surface area contributed by atoms with Crippen molar-refractivity contribution in [1.29, 1.82) is 0 Å². The summed E-state index contributed by atoms with van der Waals surface area (Å²) in [5.41, 5.74) is 0. The molecule has 3 heteroatoms. The zero-order valence-corrected chi connectivity index (χ0v) is 6.46. The highest BCUT2D eigenvalue weighted by molar-refractivity contribution is 5.67. The van der Waals surface area contributed by atoms with Gasteiger partial charge in [0.2, 0.25) is 0 Å². The van der Waals surface area contributed by atoms with Gasteiger partial charge in [-0.2, -0.15) is 0 Å². The Balaban J connectivity index is 2.17. The lowest BCUT2D eigenvalue weighted by Gasteiger charge is -2.26. The van der Waals surface area contributed by atoms with E-state index in [-0.39, 0.29) is 12.2 Å². The van der Waals surface area contributed by atoms with Gasteiger partial charge in [0.05, 0.1) is 0 Å². The molecule has 1 aliphatic rings. The number of hydrogen-bond acceptors (Lipinski definition) is 2. The summed E-state index contributed by atoms with van der Waals surface area (Å²) in [5.74, 6) is 0. The number of carbonyl (C=O) groups excluding carboxylic acids is 1. The number of hydrogen-bond donors (Lipinski definition) is 0. The first-order valence-corrected chi connectivity index (χ1v) is 3.58. The van der Waals surface area contributed by atoms with Crippen LogP contribution in [0.15, 0.2) is 0 Å². The van der Waals surface area contributed by atoms with E-state index in [1.165, 1.54) is 11.3 Å². The molecule has 1 rings (SSSR count). The summed E-state index contributed by atoms with van der Waals surface area (Å²) < 4.78 is 5.03. The molecule has 0 aliphatic heterocycles. The largest absolute Gasteiger partial charge is 0.446 e. The molecule has 0 atom stereocenters. The highest BCUT2D eigenvalue weighted by atomic mass is 16.6. The van der Waals surface area contributed by atoms with E-state index in [9.17, 15) is 4.79 Å². The molecular weight excluding hydrogens is 130 g/mol. The van der Waals surface area contributed by atoms with Crippen LogP contribution in [0.2, 0.25) is 0 Å². The van der Waals surface area contributed by atoms with Crippen LogP contribution in [-0.4, -0.2) is 31.2 Å². The lowest BCUT2D eigenvalue weighted by atomic mass is 9.96. The van der Waals surface area contributed by atoms with Gasteiger partial charge in [-0.05, 0) is 19.3 Å². The van der Waals surface area contributed by atoms with Gasteiger partial charge in [-0.1, -0.05) is 0 Å². The van der Waals surface area contributed by atoms with Gasteiger partial charge in [-0.3, -0.25) is 0 Å². The van der Waals surface area contributed by atoms with Gasteiger partial charge in [0.15, 0.2) is 0 Å². The molecule has 0 radical (unpaired) electrons. The quantitative estimate of drug-likeness (QED) is 0.552. The zero-order valence-electron chi connectivity index (χ0n) is 6.46. The smallest absolute Gasteiger partial charge is 0.409 e. The van der Waals surface area contributed by atoms with E-state index >= 15 is 0 Å². The molecule has 0 heterocycles. The predicted octanol–water partition coefficient (Wildman–Crippen LogP) is 1.24. The maximum absolute atomic E-state index is 10.8. The second kappa shape index (κ2) is 2.90. The first-order valence-electron chi connectivity index (χ1n) is 3.58. The topological polar surface area (TPSA) is 29.5 Å².